The molecule has 1 atom stereocenters. The second-order valence-electron chi connectivity index (χ2n) is 5.45. The topological polar surface area (TPSA) is 55.1 Å². The molecule has 3 N–H and O–H groups in total. The quantitative estimate of drug-likeness (QED) is 0.813. The van der Waals surface area contributed by atoms with E-state index in [0.717, 1.165) is 19.3 Å². The monoisotopic (exact) mass is 298 g/mol. The predicted molar refractivity (Wildman–Crippen MR) is 87.2 cm³/mol. The van der Waals surface area contributed by atoms with Crippen molar-refractivity contribution < 1.29 is 4.79 Å². The molecule has 0 aliphatic rings. The summed E-state index contributed by atoms with van der Waals surface area (Å²) in [6.45, 7) is 6.94. The lowest BCUT2D eigenvalue weighted by Crippen LogP contribution is -2.42. The number of halogens is 1. The summed E-state index contributed by atoms with van der Waals surface area (Å²) in [5.74, 6) is 0.404. The number of amides is 1. The van der Waals surface area contributed by atoms with Gasteiger partial charge in [0.15, 0.2) is 0 Å². The van der Waals surface area contributed by atoms with Crippen LogP contribution in [-0.2, 0) is 17.6 Å². The Labute approximate surface area is 128 Å². The number of carbonyl (C=O) groups is 1. The first kappa shape index (κ1) is 18.9. The van der Waals surface area contributed by atoms with Crippen molar-refractivity contribution in [2.45, 2.75) is 46.1 Å². The van der Waals surface area contributed by atoms with Crippen LogP contribution in [0.5, 0.6) is 0 Å². The molecule has 1 rings (SSSR count). The average Bonchev–Trinajstić information content (AvgIpc) is 2.38. The number of nitrogens with two attached hydrogens (primary N) is 1. The standard InChI is InChI=1S/C16H26N2O.ClH/c1-4-13-5-7-14(8-6-13)9-10-18-16(19)15(17)11-12(2)3;/h5-8,12,15H,4,9-11,17H2,1-3H3,(H,18,19);1H/t15-;/m0./s1. The van der Waals surface area contributed by atoms with Crippen LogP contribution in [0.3, 0.4) is 0 Å². The molecule has 0 aliphatic carbocycles. The highest BCUT2D eigenvalue weighted by atomic mass is 35.5. The van der Waals surface area contributed by atoms with Crippen LogP contribution in [0.25, 0.3) is 0 Å². The van der Waals surface area contributed by atoms with Crippen LogP contribution >= 0.6 is 12.4 Å². The summed E-state index contributed by atoms with van der Waals surface area (Å²) in [6, 6.07) is 8.14. The molecule has 1 aromatic rings. The number of hydrogen-bond donors (Lipinski definition) is 2. The Kier molecular flexibility index (Phi) is 9.26. The summed E-state index contributed by atoms with van der Waals surface area (Å²) in [7, 11) is 0. The third-order valence-electron chi connectivity index (χ3n) is 3.21. The molecular weight excluding hydrogens is 272 g/mol. The molecule has 114 valence electrons. The molecule has 1 aromatic carbocycles. The smallest absolute Gasteiger partial charge is 0.236 e. The Morgan fingerprint density at radius 2 is 1.75 bits per heavy atom. The zero-order valence-corrected chi connectivity index (χ0v) is 13.5. The summed E-state index contributed by atoms with van der Waals surface area (Å²) in [5, 5.41) is 2.90. The summed E-state index contributed by atoms with van der Waals surface area (Å²) in [5.41, 5.74) is 8.41. The van der Waals surface area contributed by atoms with Gasteiger partial charge < -0.3 is 11.1 Å². The average molecular weight is 299 g/mol. The Bertz CT molecular complexity index is 390. The zero-order valence-electron chi connectivity index (χ0n) is 12.7. The fourth-order valence-electron chi connectivity index (χ4n) is 2.02. The van der Waals surface area contributed by atoms with E-state index in [4.69, 9.17) is 5.73 Å². The molecule has 0 aromatic heterocycles. The fourth-order valence-corrected chi connectivity index (χ4v) is 2.02. The van der Waals surface area contributed by atoms with Gasteiger partial charge in [0, 0.05) is 6.54 Å². The third-order valence-corrected chi connectivity index (χ3v) is 3.21. The van der Waals surface area contributed by atoms with Crippen LogP contribution in [0.2, 0.25) is 0 Å². The van der Waals surface area contributed by atoms with Gasteiger partial charge in [-0.05, 0) is 36.3 Å². The van der Waals surface area contributed by atoms with E-state index in [-0.39, 0.29) is 24.4 Å². The molecule has 0 saturated heterocycles. The molecule has 20 heavy (non-hydrogen) atoms. The molecule has 0 aliphatic heterocycles. The molecular formula is C16H27ClN2O. The fraction of sp³-hybridized carbons (Fsp3) is 0.562. The molecule has 0 unspecified atom stereocenters. The number of aryl methyl sites for hydroxylation is 1. The molecule has 0 fully saturated rings. The zero-order chi connectivity index (χ0) is 14.3. The molecule has 0 heterocycles. The second-order valence-corrected chi connectivity index (χ2v) is 5.45. The van der Waals surface area contributed by atoms with Crippen molar-refractivity contribution >= 4 is 18.3 Å². The van der Waals surface area contributed by atoms with Gasteiger partial charge >= 0.3 is 0 Å². The van der Waals surface area contributed by atoms with Gasteiger partial charge in [0.25, 0.3) is 0 Å². The Hall–Kier alpha value is -1.06. The molecule has 0 spiro atoms. The minimum absolute atomic E-state index is 0. The minimum Gasteiger partial charge on any atom is -0.354 e. The van der Waals surface area contributed by atoms with Crippen molar-refractivity contribution in [2.75, 3.05) is 6.54 Å². The molecule has 0 saturated carbocycles. The van der Waals surface area contributed by atoms with Gasteiger partial charge in [-0.15, -0.1) is 12.4 Å². The van der Waals surface area contributed by atoms with Crippen molar-refractivity contribution in [3.63, 3.8) is 0 Å². The van der Waals surface area contributed by atoms with Crippen LogP contribution < -0.4 is 11.1 Å². The highest BCUT2D eigenvalue weighted by Crippen LogP contribution is 2.06. The van der Waals surface area contributed by atoms with E-state index >= 15 is 0 Å². The van der Waals surface area contributed by atoms with Crippen molar-refractivity contribution in [1.29, 1.82) is 0 Å². The molecule has 0 radical (unpaired) electrons. The molecule has 3 nitrogen and oxygen atoms in total. The van der Waals surface area contributed by atoms with Crippen molar-refractivity contribution in [3.05, 3.63) is 35.4 Å². The van der Waals surface area contributed by atoms with Crippen molar-refractivity contribution in [2.24, 2.45) is 11.7 Å². The Morgan fingerprint density at radius 3 is 2.25 bits per heavy atom. The minimum atomic E-state index is -0.387. The van der Waals surface area contributed by atoms with E-state index in [9.17, 15) is 4.79 Å². The summed E-state index contributed by atoms with van der Waals surface area (Å²) in [4.78, 5) is 11.7. The van der Waals surface area contributed by atoms with E-state index in [1.807, 2.05) is 0 Å². The summed E-state index contributed by atoms with van der Waals surface area (Å²) >= 11 is 0. The van der Waals surface area contributed by atoms with Gasteiger partial charge in [0.1, 0.15) is 0 Å². The van der Waals surface area contributed by atoms with Gasteiger partial charge in [0.2, 0.25) is 5.91 Å². The van der Waals surface area contributed by atoms with Crippen LogP contribution in [0, 0.1) is 5.92 Å². The van der Waals surface area contributed by atoms with Crippen LogP contribution in [0.4, 0.5) is 0 Å². The Balaban J connectivity index is 0.00000361. The Morgan fingerprint density at radius 1 is 1.20 bits per heavy atom. The number of carbonyl (C=O) groups excluding carboxylic acids is 1. The second kappa shape index (κ2) is 9.78. The summed E-state index contributed by atoms with van der Waals surface area (Å²) in [6.07, 6.45) is 2.64. The van der Waals surface area contributed by atoms with Crippen molar-refractivity contribution in [3.8, 4) is 0 Å². The van der Waals surface area contributed by atoms with Gasteiger partial charge in [-0.2, -0.15) is 0 Å². The van der Waals surface area contributed by atoms with Gasteiger partial charge in [0.05, 0.1) is 6.04 Å². The summed E-state index contributed by atoms with van der Waals surface area (Å²) < 4.78 is 0. The van der Waals surface area contributed by atoms with Gasteiger partial charge in [-0.25, -0.2) is 0 Å². The third kappa shape index (κ3) is 6.92. The van der Waals surface area contributed by atoms with Crippen LogP contribution in [0.15, 0.2) is 24.3 Å². The van der Waals surface area contributed by atoms with Gasteiger partial charge in [-0.3, -0.25) is 4.79 Å². The lowest BCUT2D eigenvalue weighted by molar-refractivity contribution is -0.122. The maximum Gasteiger partial charge on any atom is 0.236 e. The normalized spacial score (nSPS) is 11.8. The number of hydrogen-bond acceptors (Lipinski definition) is 2. The lowest BCUT2D eigenvalue weighted by atomic mass is 10.0. The predicted octanol–water partition coefficient (Wildman–Crippen LogP) is 2.70. The van der Waals surface area contributed by atoms with Crippen LogP contribution in [-0.4, -0.2) is 18.5 Å². The molecule has 4 heteroatoms. The first-order valence-corrected chi connectivity index (χ1v) is 7.14. The van der Waals surface area contributed by atoms with E-state index in [1.54, 1.807) is 0 Å². The van der Waals surface area contributed by atoms with E-state index in [2.05, 4.69) is 50.4 Å². The number of benzene rings is 1. The van der Waals surface area contributed by atoms with Crippen molar-refractivity contribution in [1.82, 2.24) is 5.32 Å². The lowest BCUT2D eigenvalue weighted by Gasteiger charge is -2.14. The van der Waals surface area contributed by atoms with E-state index in [0.29, 0.717) is 12.5 Å². The van der Waals surface area contributed by atoms with Crippen LogP contribution in [0.1, 0.15) is 38.3 Å². The first-order valence-electron chi connectivity index (χ1n) is 7.14. The molecule has 0 bridgehead atoms. The van der Waals surface area contributed by atoms with E-state index < -0.39 is 0 Å². The highest BCUT2D eigenvalue weighted by molar-refractivity contribution is 5.85. The molecule has 1 amide bonds. The largest absolute Gasteiger partial charge is 0.354 e. The maximum absolute atomic E-state index is 11.7. The van der Waals surface area contributed by atoms with Gasteiger partial charge in [-0.1, -0.05) is 45.0 Å². The maximum atomic E-state index is 11.7. The number of nitrogens with one attached hydrogen (secondary N) is 1. The van der Waals surface area contributed by atoms with E-state index in [1.165, 1.54) is 11.1 Å². The first-order chi connectivity index (χ1) is 9.02. The SMILES string of the molecule is CCc1ccc(CCNC(=O)[C@@H](N)CC(C)C)cc1.Cl. The highest BCUT2D eigenvalue weighted by Gasteiger charge is 2.13. The number of rotatable bonds is 7.